The molecule has 0 aliphatic rings. The van der Waals surface area contributed by atoms with E-state index < -0.39 is 0 Å². The minimum atomic E-state index is -0.188. The van der Waals surface area contributed by atoms with Crippen molar-refractivity contribution in [1.82, 2.24) is 0 Å². The Balaban J connectivity index is 0. The number of rotatable bonds is 0. The van der Waals surface area contributed by atoms with E-state index >= 15 is 0 Å². The molecule has 0 aliphatic carbocycles. The van der Waals surface area contributed by atoms with E-state index in [2.05, 4.69) is 0 Å². The molecule has 0 fully saturated rings. The average molecular weight is 102 g/mol. The van der Waals surface area contributed by atoms with Gasteiger partial charge >= 0.3 is 61.9 Å². The predicted molar refractivity (Wildman–Crippen MR) is 13.6 cm³/mol. The van der Waals surface area contributed by atoms with Gasteiger partial charge in [-0.2, -0.15) is 0 Å². The number of hydrogen-bond acceptors (Lipinski definition) is 1. The molecule has 4 heavy (non-hydrogen) atoms. The summed E-state index contributed by atoms with van der Waals surface area (Å²) < 4.78 is 8.96. The van der Waals surface area contributed by atoms with Crippen molar-refractivity contribution in [2.45, 2.75) is 0 Å². The van der Waals surface area contributed by atoms with E-state index in [-0.39, 0.29) is 42.3 Å². The van der Waals surface area contributed by atoms with Crippen LogP contribution in [0.15, 0.2) is 0 Å². The van der Waals surface area contributed by atoms with Gasteiger partial charge in [-0.05, 0) is 0 Å². The molecule has 1 nitrogen and oxygen atoms in total. The summed E-state index contributed by atoms with van der Waals surface area (Å²) in [7, 11) is 0. The molecule has 16 valence electrons. The van der Waals surface area contributed by atoms with E-state index in [1.165, 1.54) is 0 Å². The van der Waals surface area contributed by atoms with Crippen LogP contribution in [0.25, 0.3) is 0 Å². The Kier molecular flexibility index (Phi) is 20.7. The van der Waals surface area contributed by atoms with Crippen LogP contribution in [0.3, 0.4) is 0 Å². The van der Waals surface area contributed by atoms with Gasteiger partial charge in [0.2, 0.25) is 0 Å². The molecule has 0 amide bonds. The zero-order valence-corrected chi connectivity index (χ0v) is 2.97. The molecule has 0 aromatic rings. The van der Waals surface area contributed by atoms with Gasteiger partial charge in [0.1, 0.15) is 0 Å². The first-order valence-electron chi connectivity index (χ1n) is 0.532. The van der Waals surface area contributed by atoms with Crippen molar-refractivity contribution in [1.29, 1.82) is 0 Å². The van der Waals surface area contributed by atoms with Gasteiger partial charge in [0.15, 0.2) is 0 Å². The summed E-state index contributed by atoms with van der Waals surface area (Å²) in [6, 6.07) is 0. The van der Waals surface area contributed by atoms with Crippen molar-refractivity contribution in [2.24, 2.45) is 0 Å². The third-order valence-electron chi connectivity index (χ3n) is 0. The molecule has 0 rings (SSSR count). The van der Waals surface area contributed by atoms with Gasteiger partial charge in [0, 0.05) is 0 Å². The summed E-state index contributed by atoms with van der Waals surface area (Å²) in [6.45, 7) is 0. The van der Waals surface area contributed by atoms with E-state index in [4.69, 9.17) is 3.83 Å². The first kappa shape index (κ1) is 9.32. The Bertz CT molecular complexity index is 15.5. The normalized spacial score (nSPS) is 4.50. The fraction of sp³-hybridized carbons (Fsp3) is 0. The molecule has 4 heteroatoms. The van der Waals surface area contributed by atoms with Crippen molar-refractivity contribution in [2.75, 3.05) is 0 Å². The summed E-state index contributed by atoms with van der Waals surface area (Å²) in [5, 5.41) is 0. The Labute approximate surface area is 61.1 Å². The second kappa shape index (κ2) is 8.87. The van der Waals surface area contributed by atoms with Crippen molar-refractivity contribution in [3.05, 3.63) is 0 Å². The molecule has 0 spiro atoms. The monoisotopic (exact) mass is 102 g/mol. The quantitative estimate of drug-likeness (QED) is 0.353. The van der Waals surface area contributed by atoms with Crippen molar-refractivity contribution in [3.8, 4) is 0 Å². The van der Waals surface area contributed by atoms with E-state index in [9.17, 15) is 0 Å². The maximum atomic E-state index is 8.96. The van der Waals surface area contributed by atoms with Gasteiger partial charge in [-0.1, -0.05) is 0 Å². The van der Waals surface area contributed by atoms with Crippen LogP contribution in [-0.2, 0) is 16.5 Å². The molecule has 0 saturated heterocycles. The zero-order valence-electron chi connectivity index (χ0n) is 1.79. The second-order valence-electron chi connectivity index (χ2n) is 0.154. The molecule has 0 aromatic heterocycles. The molecule has 0 aromatic carbocycles. The molecule has 0 atom stereocenters. The van der Waals surface area contributed by atoms with E-state index in [0.29, 0.717) is 0 Å². The molecule has 0 N–H and O–H groups in total. The van der Waals surface area contributed by atoms with Crippen LogP contribution in [0.1, 0.15) is 0 Å². The van der Waals surface area contributed by atoms with Crippen LogP contribution < -0.4 is 0 Å². The topological polar surface area (TPSA) is 17.1 Å². The van der Waals surface area contributed by atoms with Crippen LogP contribution in [-0.4, -0.2) is 45.3 Å². The van der Waals surface area contributed by atoms with E-state index in [1.54, 1.807) is 15.8 Å². The van der Waals surface area contributed by atoms with Crippen molar-refractivity contribution in [3.63, 3.8) is 0 Å². The van der Waals surface area contributed by atoms with Crippen molar-refractivity contribution < 1.29 is 16.5 Å². The Morgan fingerprint density at radius 1 is 1.75 bits per heavy atom. The summed E-state index contributed by atoms with van der Waals surface area (Å²) >= 11 is 1.41. The molecule has 0 radical (unpaired) electrons. The van der Waals surface area contributed by atoms with Gasteiger partial charge in [-0.3, -0.25) is 0 Å². The number of hydrogen-bond donors (Lipinski definition) is 0. The third-order valence-corrected chi connectivity index (χ3v) is 0. The average Bonchev–Trinajstić information content (AvgIpc) is 0.918. The summed E-state index contributed by atoms with van der Waals surface area (Å²) in [4.78, 5) is 0. The standard InChI is InChI=1S/Li.Mn.Na.O.H. The third kappa shape index (κ3) is 9.07. The summed E-state index contributed by atoms with van der Waals surface area (Å²) in [6.07, 6.45) is 0. The molecular weight excluding hydrogens is 101 g/mol. The SMILES string of the molecule is [Li][Mn]=[O].[NaH]. The van der Waals surface area contributed by atoms with Gasteiger partial charge in [-0.15, -0.1) is 0 Å². The maximum absolute atomic E-state index is 8.96. The molecule has 0 saturated carbocycles. The van der Waals surface area contributed by atoms with Crippen molar-refractivity contribution >= 4 is 45.3 Å². The van der Waals surface area contributed by atoms with E-state index in [0.717, 1.165) is 0 Å². The predicted octanol–water partition coefficient (Wildman–Crippen LogP) is -1.15. The summed E-state index contributed by atoms with van der Waals surface area (Å²) in [5.41, 5.74) is 0. The van der Waals surface area contributed by atoms with Gasteiger partial charge in [0.05, 0.1) is 0 Å². The van der Waals surface area contributed by atoms with Crippen LogP contribution in [0, 0.1) is 0 Å². The van der Waals surface area contributed by atoms with Crippen LogP contribution in [0.4, 0.5) is 0 Å². The summed E-state index contributed by atoms with van der Waals surface area (Å²) in [5.74, 6) is 0. The second-order valence-corrected chi connectivity index (χ2v) is 0.636. The van der Waals surface area contributed by atoms with E-state index in [1.807, 2.05) is 0 Å². The Morgan fingerprint density at radius 3 is 1.75 bits per heavy atom. The Morgan fingerprint density at radius 2 is 1.75 bits per heavy atom. The van der Waals surface area contributed by atoms with Gasteiger partial charge in [-0.25, -0.2) is 0 Å². The first-order valence-corrected chi connectivity index (χ1v) is 2.19. The van der Waals surface area contributed by atoms with Gasteiger partial charge in [0.25, 0.3) is 0 Å². The van der Waals surface area contributed by atoms with Crippen LogP contribution >= 0.6 is 0 Å². The van der Waals surface area contributed by atoms with Gasteiger partial charge < -0.3 is 0 Å². The minimum absolute atomic E-state index is 0. The molecular formula is HLiMnNaO. The molecule has 0 bridgehead atoms. The molecule has 0 aliphatic heterocycles. The van der Waals surface area contributed by atoms with Crippen LogP contribution in [0.5, 0.6) is 0 Å². The first-order chi connectivity index (χ1) is 1.41. The molecule has 0 heterocycles. The fourth-order valence-corrected chi connectivity index (χ4v) is 0. The Hall–Kier alpha value is 1.92. The fourth-order valence-electron chi connectivity index (χ4n) is 0. The molecule has 0 unspecified atom stereocenters. The van der Waals surface area contributed by atoms with Crippen LogP contribution in [0.2, 0.25) is 0 Å². The zero-order chi connectivity index (χ0) is 2.71.